The van der Waals surface area contributed by atoms with Crippen LogP contribution in [0.25, 0.3) is 21.9 Å². The molecule has 0 aliphatic carbocycles. The zero-order chi connectivity index (χ0) is 22.7. The third kappa shape index (κ3) is 4.63. The zero-order valence-electron chi connectivity index (χ0n) is 18.4. The van der Waals surface area contributed by atoms with Crippen molar-refractivity contribution in [3.63, 3.8) is 0 Å². The lowest BCUT2D eigenvalue weighted by atomic mass is 9.98. The van der Waals surface area contributed by atoms with Crippen molar-refractivity contribution in [3.05, 3.63) is 45.0 Å². The normalized spacial score (nSPS) is 12.3. The van der Waals surface area contributed by atoms with Crippen molar-refractivity contribution in [1.82, 2.24) is 5.32 Å². The van der Waals surface area contributed by atoms with E-state index in [0.717, 1.165) is 27.5 Å². The van der Waals surface area contributed by atoms with Gasteiger partial charge in [0.25, 0.3) is 0 Å². The molecule has 1 aromatic carbocycles. The van der Waals surface area contributed by atoms with Gasteiger partial charge in [0.05, 0.1) is 13.4 Å². The molecule has 1 N–H and O–H groups in total. The molecule has 7 nitrogen and oxygen atoms in total. The second-order valence-electron chi connectivity index (χ2n) is 7.59. The predicted octanol–water partition coefficient (Wildman–Crippen LogP) is 3.81. The van der Waals surface area contributed by atoms with Crippen molar-refractivity contribution >= 4 is 45.6 Å². The number of amides is 1. The van der Waals surface area contributed by atoms with Gasteiger partial charge in [-0.05, 0) is 62.8 Å². The van der Waals surface area contributed by atoms with Crippen LogP contribution in [0.15, 0.2) is 26.0 Å². The number of hydrogen-bond acceptors (Lipinski definition) is 7. The Kier molecular flexibility index (Phi) is 7.10. The monoisotopic (exact) mass is 445 g/mol. The number of aryl methyl sites for hydroxylation is 3. The fourth-order valence-electron chi connectivity index (χ4n) is 3.74. The summed E-state index contributed by atoms with van der Waals surface area (Å²) in [5.41, 5.74) is 3.78. The lowest BCUT2D eigenvalue weighted by molar-refractivity contribution is -0.145. The third-order valence-corrected chi connectivity index (χ3v) is 6.21. The topological polar surface area (TPSA) is 98.8 Å². The largest absolute Gasteiger partial charge is 0.467 e. The first kappa shape index (κ1) is 22.9. The first-order chi connectivity index (χ1) is 14.8. The van der Waals surface area contributed by atoms with Crippen LogP contribution in [0.2, 0.25) is 0 Å². The SMILES string of the molecule is COC(=O)C(CCSC)NC(=O)CCc1c(C)c2cc3c(C)coc3c(C)c2oc1=O. The van der Waals surface area contributed by atoms with Crippen molar-refractivity contribution in [2.24, 2.45) is 0 Å². The number of carbonyl (C=O) groups is 2. The summed E-state index contributed by atoms with van der Waals surface area (Å²) in [4.78, 5) is 37.0. The summed E-state index contributed by atoms with van der Waals surface area (Å²) in [7, 11) is 1.30. The molecule has 1 atom stereocenters. The molecular weight excluding hydrogens is 418 g/mol. The molecule has 0 saturated heterocycles. The van der Waals surface area contributed by atoms with E-state index in [4.69, 9.17) is 13.6 Å². The van der Waals surface area contributed by atoms with Gasteiger partial charge in [-0.1, -0.05) is 0 Å². The lowest BCUT2D eigenvalue weighted by Crippen LogP contribution is -2.42. The standard InChI is InChI=1S/C23H27NO6S/c1-12-11-29-20-14(3)21-17(10-16(12)20)13(2)15(22(26)30-21)6-7-19(25)24-18(8-9-31-5)23(27)28-4/h10-11,18H,6-9H2,1-5H3,(H,24,25). The molecule has 3 rings (SSSR count). The Labute approximate surface area is 184 Å². The molecule has 2 aromatic heterocycles. The average Bonchev–Trinajstić information content (AvgIpc) is 3.12. The van der Waals surface area contributed by atoms with Crippen LogP contribution in [-0.2, 0) is 20.7 Å². The van der Waals surface area contributed by atoms with Gasteiger partial charge in [0.2, 0.25) is 5.91 Å². The number of esters is 1. The third-order valence-electron chi connectivity index (χ3n) is 5.57. The van der Waals surface area contributed by atoms with Crippen LogP contribution in [0.4, 0.5) is 0 Å². The first-order valence-corrected chi connectivity index (χ1v) is 11.5. The van der Waals surface area contributed by atoms with Gasteiger partial charge in [-0.3, -0.25) is 4.79 Å². The van der Waals surface area contributed by atoms with E-state index < -0.39 is 17.6 Å². The van der Waals surface area contributed by atoms with Gasteiger partial charge in [-0.25, -0.2) is 9.59 Å². The summed E-state index contributed by atoms with van der Waals surface area (Å²) in [6, 6.07) is 1.27. The highest BCUT2D eigenvalue weighted by atomic mass is 32.2. The molecule has 0 aliphatic rings. The quantitative estimate of drug-likeness (QED) is 0.416. The van der Waals surface area contributed by atoms with Crippen LogP contribution in [0.1, 0.15) is 35.1 Å². The Bertz CT molecular complexity index is 1190. The van der Waals surface area contributed by atoms with Crippen molar-refractivity contribution in [1.29, 1.82) is 0 Å². The first-order valence-electron chi connectivity index (χ1n) is 10.1. The zero-order valence-corrected chi connectivity index (χ0v) is 19.2. The van der Waals surface area contributed by atoms with E-state index in [2.05, 4.69) is 5.32 Å². The molecule has 0 fully saturated rings. The van der Waals surface area contributed by atoms with Gasteiger partial charge in [-0.2, -0.15) is 11.8 Å². The van der Waals surface area contributed by atoms with Crippen LogP contribution in [-0.4, -0.2) is 37.0 Å². The number of rotatable bonds is 8. The molecule has 1 unspecified atom stereocenters. The molecule has 166 valence electrons. The fourth-order valence-corrected chi connectivity index (χ4v) is 4.21. The summed E-state index contributed by atoms with van der Waals surface area (Å²) in [6.45, 7) is 5.69. The van der Waals surface area contributed by atoms with Gasteiger partial charge < -0.3 is 18.9 Å². The molecule has 2 heterocycles. The second kappa shape index (κ2) is 9.60. The molecule has 0 saturated carbocycles. The number of methoxy groups -OCH3 is 1. The van der Waals surface area contributed by atoms with Gasteiger partial charge >= 0.3 is 11.6 Å². The Morgan fingerprint density at radius 3 is 2.58 bits per heavy atom. The van der Waals surface area contributed by atoms with Crippen molar-refractivity contribution < 1.29 is 23.2 Å². The Hall–Kier alpha value is -2.74. The maximum atomic E-state index is 12.7. The Morgan fingerprint density at radius 2 is 1.90 bits per heavy atom. The number of furan rings is 1. The number of ether oxygens (including phenoxy) is 1. The van der Waals surface area contributed by atoms with E-state index in [-0.39, 0.29) is 18.7 Å². The minimum atomic E-state index is -0.695. The number of carbonyl (C=O) groups excluding carboxylic acids is 2. The maximum Gasteiger partial charge on any atom is 0.339 e. The number of thioether (sulfide) groups is 1. The Balaban J connectivity index is 1.85. The number of benzene rings is 1. The van der Waals surface area contributed by atoms with Crippen LogP contribution in [0.5, 0.6) is 0 Å². The van der Waals surface area contributed by atoms with Crippen LogP contribution in [0, 0.1) is 20.8 Å². The smallest absolute Gasteiger partial charge is 0.339 e. The van der Waals surface area contributed by atoms with E-state index in [9.17, 15) is 14.4 Å². The fraction of sp³-hybridized carbons (Fsp3) is 0.435. The highest BCUT2D eigenvalue weighted by Crippen LogP contribution is 2.32. The molecule has 0 bridgehead atoms. The van der Waals surface area contributed by atoms with Crippen LogP contribution < -0.4 is 10.9 Å². The van der Waals surface area contributed by atoms with E-state index in [0.29, 0.717) is 28.9 Å². The molecule has 0 aliphatic heterocycles. The summed E-state index contributed by atoms with van der Waals surface area (Å²) in [5.74, 6) is -0.0687. The second-order valence-corrected chi connectivity index (χ2v) is 8.58. The van der Waals surface area contributed by atoms with Gasteiger partial charge in [0.1, 0.15) is 17.2 Å². The molecule has 0 radical (unpaired) electrons. The lowest BCUT2D eigenvalue weighted by Gasteiger charge is -2.16. The molecule has 1 amide bonds. The van der Waals surface area contributed by atoms with Crippen molar-refractivity contribution in [2.75, 3.05) is 19.1 Å². The van der Waals surface area contributed by atoms with Crippen molar-refractivity contribution in [2.45, 2.75) is 46.1 Å². The minimum absolute atomic E-state index is 0.0653. The highest BCUT2D eigenvalue weighted by molar-refractivity contribution is 7.98. The number of fused-ring (bicyclic) bond motifs is 2. The van der Waals surface area contributed by atoms with Crippen molar-refractivity contribution in [3.8, 4) is 0 Å². The molecule has 8 heteroatoms. The Morgan fingerprint density at radius 1 is 1.16 bits per heavy atom. The molecule has 3 aromatic rings. The van der Waals surface area contributed by atoms with E-state index >= 15 is 0 Å². The average molecular weight is 446 g/mol. The van der Waals surface area contributed by atoms with Crippen LogP contribution in [0.3, 0.4) is 0 Å². The number of hydrogen-bond donors (Lipinski definition) is 1. The summed E-state index contributed by atoms with van der Waals surface area (Å²) < 4.78 is 16.0. The summed E-state index contributed by atoms with van der Waals surface area (Å²) >= 11 is 1.58. The van der Waals surface area contributed by atoms with Crippen LogP contribution >= 0.6 is 11.8 Å². The summed E-state index contributed by atoms with van der Waals surface area (Å²) in [5, 5.41) is 4.52. The maximum absolute atomic E-state index is 12.7. The number of nitrogens with one attached hydrogen (secondary N) is 1. The molecule has 31 heavy (non-hydrogen) atoms. The van der Waals surface area contributed by atoms with E-state index in [1.807, 2.05) is 33.1 Å². The van der Waals surface area contributed by atoms with Gasteiger partial charge in [0, 0.05) is 28.3 Å². The van der Waals surface area contributed by atoms with Gasteiger partial charge in [-0.15, -0.1) is 0 Å². The summed E-state index contributed by atoms with van der Waals surface area (Å²) in [6.07, 6.45) is 4.38. The van der Waals surface area contributed by atoms with E-state index in [1.54, 1.807) is 18.0 Å². The minimum Gasteiger partial charge on any atom is -0.467 e. The van der Waals surface area contributed by atoms with E-state index in [1.165, 1.54) is 7.11 Å². The van der Waals surface area contributed by atoms with Gasteiger partial charge in [0.15, 0.2) is 0 Å². The molecule has 0 spiro atoms. The predicted molar refractivity (Wildman–Crippen MR) is 122 cm³/mol. The highest BCUT2D eigenvalue weighted by Gasteiger charge is 2.22. The molecular formula is C23H27NO6S.